The van der Waals surface area contributed by atoms with Gasteiger partial charge in [-0.05, 0) is 40.0 Å². The molecule has 186 valence electrons. The number of carbonyl (C=O) groups excluding carboxylic acids is 2. The molecule has 1 aliphatic carbocycles. The van der Waals surface area contributed by atoms with Gasteiger partial charge in [-0.1, -0.05) is 0 Å². The molecule has 0 bridgehead atoms. The van der Waals surface area contributed by atoms with Gasteiger partial charge in [0.05, 0.1) is 12.4 Å². The second-order valence-electron chi connectivity index (χ2n) is 9.70. The first-order valence-corrected chi connectivity index (χ1v) is 11.7. The minimum absolute atomic E-state index is 0.166. The van der Waals surface area contributed by atoms with Crippen LogP contribution in [0.5, 0.6) is 0 Å². The molecule has 0 aromatic carbocycles. The number of piperazine rings is 1. The summed E-state index contributed by atoms with van der Waals surface area (Å²) in [6.45, 7) is 7.17. The van der Waals surface area contributed by atoms with E-state index in [2.05, 4.69) is 25.5 Å². The molecule has 1 saturated carbocycles. The Labute approximate surface area is 203 Å². The molecule has 12 heteroatoms. The third kappa shape index (κ3) is 6.38. The van der Waals surface area contributed by atoms with Crippen LogP contribution in [0, 0.1) is 11.3 Å². The first kappa shape index (κ1) is 24.3. The summed E-state index contributed by atoms with van der Waals surface area (Å²) in [5.74, 6) is 1.29. The van der Waals surface area contributed by atoms with Crippen LogP contribution >= 0.6 is 0 Å². The molecular formula is C23H30N8O4. The summed E-state index contributed by atoms with van der Waals surface area (Å²) in [6, 6.07) is 3.84. The molecule has 0 unspecified atom stereocenters. The van der Waals surface area contributed by atoms with Crippen molar-refractivity contribution in [3.63, 3.8) is 0 Å². The van der Waals surface area contributed by atoms with Crippen LogP contribution in [-0.2, 0) is 9.47 Å². The fourth-order valence-corrected chi connectivity index (χ4v) is 4.14. The highest BCUT2D eigenvalue weighted by molar-refractivity contribution is 5.70. The summed E-state index contributed by atoms with van der Waals surface area (Å²) in [5, 5.41) is 19.2. The lowest BCUT2D eigenvalue weighted by atomic mass is 10.0. The maximum absolute atomic E-state index is 12.7. The van der Waals surface area contributed by atoms with Crippen LogP contribution in [0.1, 0.15) is 57.3 Å². The zero-order valence-electron chi connectivity index (χ0n) is 20.2. The van der Waals surface area contributed by atoms with Gasteiger partial charge in [-0.3, -0.25) is 5.10 Å². The van der Waals surface area contributed by atoms with Crippen molar-refractivity contribution in [1.82, 2.24) is 30.0 Å². The number of carbonyl (C=O) groups is 2. The average Bonchev–Trinajstić information content (AvgIpc) is 3.48. The lowest BCUT2D eigenvalue weighted by Gasteiger charge is -2.35. The molecule has 2 N–H and O–H groups in total. The Morgan fingerprint density at radius 3 is 2.43 bits per heavy atom. The smallest absolute Gasteiger partial charge is 0.410 e. The van der Waals surface area contributed by atoms with E-state index in [4.69, 9.17) is 14.7 Å². The molecule has 2 aromatic heterocycles. The van der Waals surface area contributed by atoms with Gasteiger partial charge in [0.15, 0.2) is 11.5 Å². The number of nitriles is 1. The molecule has 1 saturated heterocycles. The molecule has 12 nitrogen and oxygen atoms in total. The van der Waals surface area contributed by atoms with Gasteiger partial charge in [0.2, 0.25) is 0 Å². The maximum atomic E-state index is 12.7. The predicted octanol–water partition coefficient (Wildman–Crippen LogP) is 3.14. The van der Waals surface area contributed by atoms with Gasteiger partial charge in [-0.2, -0.15) is 10.4 Å². The summed E-state index contributed by atoms with van der Waals surface area (Å²) in [4.78, 5) is 36.2. The van der Waals surface area contributed by atoms with E-state index in [1.165, 1.54) is 12.4 Å². The van der Waals surface area contributed by atoms with Crippen molar-refractivity contribution in [1.29, 1.82) is 5.26 Å². The van der Waals surface area contributed by atoms with Gasteiger partial charge < -0.3 is 24.6 Å². The van der Waals surface area contributed by atoms with Crippen molar-refractivity contribution in [3.8, 4) is 6.07 Å². The van der Waals surface area contributed by atoms with E-state index in [0.29, 0.717) is 44.2 Å². The van der Waals surface area contributed by atoms with Crippen LogP contribution in [0.3, 0.4) is 0 Å². The predicted molar refractivity (Wildman–Crippen MR) is 125 cm³/mol. The summed E-state index contributed by atoms with van der Waals surface area (Å²) >= 11 is 0. The van der Waals surface area contributed by atoms with Crippen LogP contribution in [-0.4, -0.2) is 80.0 Å². The molecule has 0 spiro atoms. The number of hydrogen-bond donors (Lipinski definition) is 2. The molecule has 0 radical (unpaired) electrons. The number of aromatic nitrogens is 4. The number of rotatable bonds is 4. The number of nitrogens with zero attached hydrogens (tertiary/aromatic N) is 6. The number of amides is 2. The van der Waals surface area contributed by atoms with Crippen LogP contribution in [0.15, 0.2) is 18.5 Å². The zero-order valence-corrected chi connectivity index (χ0v) is 20.2. The van der Waals surface area contributed by atoms with E-state index in [1.54, 1.807) is 9.80 Å². The molecule has 1 aliphatic heterocycles. The Kier molecular flexibility index (Phi) is 7.04. The summed E-state index contributed by atoms with van der Waals surface area (Å²) < 4.78 is 11.2. The van der Waals surface area contributed by atoms with Crippen LogP contribution in [0.2, 0.25) is 0 Å². The van der Waals surface area contributed by atoms with E-state index in [-0.39, 0.29) is 29.9 Å². The summed E-state index contributed by atoms with van der Waals surface area (Å²) in [5.41, 5.74) is 0.656. The molecule has 2 fully saturated rings. The molecular weight excluding hydrogens is 452 g/mol. The molecule has 3 heterocycles. The summed E-state index contributed by atoms with van der Waals surface area (Å²) in [7, 11) is 0. The largest absolute Gasteiger partial charge is 0.446 e. The van der Waals surface area contributed by atoms with E-state index < -0.39 is 5.60 Å². The minimum Gasteiger partial charge on any atom is -0.446 e. The van der Waals surface area contributed by atoms with Crippen molar-refractivity contribution in [3.05, 3.63) is 29.8 Å². The molecule has 2 aliphatic rings. The quantitative estimate of drug-likeness (QED) is 0.670. The topological polar surface area (TPSA) is 149 Å². The first-order valence-electron chi connectivity index (χ1n) is 11.7. The van der Waals surface area contributed by atoms with Gasteiger partial charge in [0, 0.05) is 43.9 Å². The Morgan fingerprint density at radius 1 is 1.09 bits per heavy atom. The standard InChI is InChI=1S/C23H30N8O4/c1-23(2,3)35-22(33)31-8-6-30(7-9-31)21(32)34-17-5-4-15(10-17)18-11-19(29-28-18)27-20-14-25-16(12-24)13-26-20/h11,13-15,17H,4-10H2,1-3H3,(H2,26,27,28,29)/t15-,17+/m0/s1. The number of aromatic amines is 1. The Balaban J connectivity index is 1.23. The summed E-state index contributed by atoms with van der Waals surface area (Å²) in [6.07, 6.45) is 4.37. The van der Waals surface area contributed by atoms with E-state index in [1.807, 2.05) is 32.9 Å². The van der Waals surface area contributed by atoms with Gasteiger partial charge in [0.25, 0.3) is 0 Å². The van der Waals surface area contributed by atoms with Crippen molar-refractivity contribution < 1.29 is 19.1 Å². The number of ether oxygens (including phenoxy) is 2. The fourth-order valence-electron chi connectivity index (χ4n) is 4.14. The normalized spacial score (nSPS) is 20.3. The SMILES string of the molecule is CC(C)(C)OC(=O)N1CCN(C(=O)O[C@@H]2CC[C@H](c3cc(Nc4cnc(C#N)cn4)n[nH]3)C2)CC1. The van der Waals surface area contributed by atoms with Crippen molar-refractivity contribution >= 4 is 23.8 Å². The molecule has 35 heavy (non-hydrogen) atoms. The monoisotopic (exact) mass is 482 g/mol. The van der Waals surface area contributed by atoms with Gasteiger partial charge in [-0.15, -0.1) is 0 Å². The molecule has 2 aromatic rings. The highest BCUT2D eigenvalue weighted by atomic mass is 16.6. The number of H-pyrrole nitrogens is 1. The van der Waals surface area contributed by atoms with Gasteiger partial charge in [-0.25, -0.2) is 19.6 Å². The molecule has 4 rings (SSSR count). The Bertz CT molecular complexity index is 1080. The number of hydrogen-bond acceptors (Lipinski definition) is 9. The van der Waals surface area contributed by atoms with Crippen molar-refractivity contribution in [2.45, 2.75) is 57.7 Å². The molecule has 2 amide bonds. The van der Waals surface area contributed by atoms with Crippen molar-refractivity contribution in [2.75, 3.05) is 31.5 Å². The second-order valence-corrected chi connectivity index (χ2v) is 9.70. The highest BCUT2D eigenvalue weighted by Crippen LogP contribution is 2.36. The van der Waals surface area contributed by atoms with Crippen molar-refractivity contribution in [2.24, 2.45) is 0 Å². The van der Waals surface area contributed by atoms with Gasteiger partial charge in [0.1, 0.15) is 23.6 Å². The number of anilines is 2. The molecule has 2 atom stereocenters. The minimum atomic E-state index is -0.546. The van der Waals surface area contributed by atoms with E-state index in [9.17, 15) is 9.59 Å². The first-order chi connectivity index (χ1) is 16.7. The van der Waals surface area contributed by atoms with E-state index in [0.717, 1.165) is 18.5 Å². The Morgan fingerprint density at radius 2 is 1.80 bits per heavy atom. The number of nitrogens with one attached hydrogen (secondary N) is 2. The lowest BCUT2D eigenvalue weighted by Crippen LogP contribution is -2.52. The van der Waals surface area contributed by atoms with Crippen LogP contribution in [0.4, 0.5) is 21.2 Å². The van der Waals surface area contributed by atoms with Gasteiger partial charge >= 0.3 is 12.2 Å². The van der Waals surface area contributed by atoms with E-state index >= 15 is 0 Å². The average molecular weight is 483 g/mol. The zero-order chi connectivity index (χ0) is 25.0. The third-order valence-corrected chi connectivity index (χ3v) is 5.90. The highest BCUT2D eigenvalue weighted by Gasteiger charge is 2.33. The van der Waals surface area contributed by atoms with Crippen LogP contribution < -0.4 is 5.32 Å². The fraction of sp³-hybridized carbons (Fsp3) is 0.565. The lowest BCUT2D eigenvalue weighted by molar-refractivity contribution is 0.00948. The van der Waals surface area contributed by atoms with Crippen LogP contribution in [0.25, 0.3) is 0 Å². The second kappa shape index (κ2) is 10.2. The maximum Gasteiger partial charge on any atom is 0.410 e. The third-order valence-electron chi connectivity index (χ3n) is 5.90. The Hall–Kier alpha value is -3.88.